The molecule has 30 heavy (non-hydrogen) atoms. The quantitative estimate of drug-likeness (QED) is 0.532. The minimum Gasteiger partial charge on any atom is -0.493 e. The SMILES string of the molecule is COc1ccc(-c2cn(C)c(=O)c3cc(CNC4C(O)CSC4O)sc23)cc1OC. The summed E-state index contributed by atoms with van der Waals surface area (Å²) in [5, 5.41) is 23.9. The molecule has 3 N–H and O–H groups in total. The molecule has 0 amide bonds. The summed E-state index contributed by atoms with van der Waals surface area (Å²) in [6.45, 7) is 0.465. The van der Waals surface area contributed by atoms with E-state index in [1.54, 1.807) is 25.8 Å². The van der Waals surface area contributed by atoms with Crippen LogP contribution in [0, 0.1) is 0 Å². The number of rotatable bonds is 6. The zero-order valence-electron chi connectivity index (χ0n) is 16.9. The monoisotopic (exact) mass is 448 g/mol. The first-order valence-electron chi connectivity index (χ1n) is 9.48. The van der Waals surface area contributed by atoms with E-state index in [-0.39, 0.29) is 11.6 Å². The first-order chi connectivity index (χ1) is 14.4. The minimum absolute atomic E-state index is 0.0618. The molecular formula is C21H24N2O5S2. The predicted molar refractivity (Wildman–Crippen MR) is 121 cm³/mol. The lowest BCUT2D eigenvalue weighted by atomic mass is 10.1. The maximum absolute atomic E-state index is 12.7. The zero-order chi connectivity index (χ0) is 21.4. The van der Waals surface area contributed by atoms with Gasteiger partial charge in [0.1, 0.15) is 5.44 Å². The van der Waals surface area contributed by atoms with Crippen molar-refractivity contribution < 1.29 is 19.7 Å². The van der Waals surface area contributed by atoms with Gasteiger partial charge in [0.05, 0.1) is 31.8 Å². The van der Waals surface area contributed by atoms with Crippen LogP contribution >= 0.6 is 23.1 Å². The molecule has 4 rings (SSSR count). The molecule has 0 aliphatic carbocycles. The smallest absolute Gasteiger partial charge is 0.259 e. The van der Waals surface area contributed by atoms with Crippen LogP contribution in [0.3, 0.4) is 0 Å². The number of hydrogen-bond donors (Lipinski definition) is 3. The van der Waals surface area contributed by atoms with Gasteiger partial charge < -0.3 is 29.6 Å². The van der Waals surface area contributed by atoms with Gasteiger partial charge in [0, 0.05) is 40.7 Å². The molecule has 7 nitrogen and oxygen atoms in total. The number of nitrogens with zero attached hydrogens (tertiary/aromatic N) is 1. The van der Waals surface area contributed by atoms with E-state index in [1.807, 2.05) is 30.5 Å². The average Bonchev–Trinajstić information content (AvgIpc) is 3.32. The number of hydrogen-bond acceptors (Lipinski definition) is 8. The molecule has 0 radical (unpaired) electrons. The Morgan fingerprint density at radius 2 is 1.97 bits per heavy atom. The maximum atomic E-state index is 12.7. The van der Waals surface area contributed by atoms with Crippen molar-refractivity contribution in [2.24, 2.45) is 7.05 Å². The van der Waals surface area contributed by atoms with Crippen LogP contribution in [-0.2, 0) is 13.6 Å². The number of methoxy groups -OCH3 is 2. The van der Waals surface area contributed by atoms with Crippen LogP contribution in [0.4, 0.5) is 0 Å². The highest BCUT2D eigenvalue weighted by Gasteiger charge is 2.34. The second-order valence-electron chi connectivity index (χ2n) is 7.18. The van der Waals surface area contributed by atoms with E-state index in [4.69, 9.17) is 9.47 Å². The number of nitrogens with one attached hydrogen (secondary N) is 1. The fourth-order valence-electron chi connectivity index (χ4n) is 3.65. The molecule has 3 heterocycles. The number of aryl methyl sites for hydroxylation is 1. The van der Waals surface area contributed by atoms with Crippen molar-refractivity contribution >= 4 is 33.2 Å². The summed E-state index contributed by atoms with van der Waals surface area (Å²) >= 11 is 2.87. The molecule has 3 aromatic rings. The van der Waals surface area contributed by atoms with Gasteiger partial charge in [-0.1, -0.05) is 6.07 Å². The van der Waals surface area contributed by atoms with E-state index in [9.17, 15) is 15.0 Å². The van der Waals surface area contributed by atoms with Crippen molar-refractivity contribution in [2.45, 2.75) is 24.1 Å². The van der Waals surface area contributed by atoms with Gasteiger partial charge in [0.25, 0.3) is 5.56 Å². The minimum atomic E-state index is -0.635. The molecule has 1 aliphatic rings. The van der Waals surface area contributed by atoms with Gasteiger partial charge in [-0.15, -0.1) is 23.1 Å². The lowest BCUT2D eigenvalue weighted by molar-refractivity contribution is 0.105. The van der Waals surface area contributed by atoms with Gasteiger partial charge in [0.15, 0.2) is 11.5 Å². The van der Waals surface area contributed by atoms with Crippen LogP contribution in [0.15, 0.2) is 35.3 Å². The number of ether oxygens (including phenoxy) is 2. The Hall–Kier alpha value is -2.04. The topological polar surface area (TPSA) is 93.0 Å². The van der Waals surface area contributed by atoms with E-state index in [0.29, 0.717) is 29.2 Å². The molecule has 0 bridgehead atoms. The summed E-state index contributed by atoms with van der Waals surface area (Å²) in [5.74, 6) is 1.77. The maximum Gasteiger partial charge on any atom is 0.259 e. The van der Waals surface area contributed by atoms with Crippen molar-refractivity contribution in [1.82, 2.24) is 9.88 Å². The number of thiophene rings is 1. The van der Waals surface area contributed by atoms with Crippen LogP contribution in [0.5, 0.6) is 11.5 Å². The predicted octanol–water partition coefficient (Wildman–Crippen LogP) is 2.17. The fraction of sp³-hybridized carbons (Fsp3) is 0.381. The van der Waals surface area contributed by atoms with Crippen molar-refractivity contribution in [3.63, 3.8) is 0 Å². The second-order valence-corrected chi connectivity index (χ2v) is 9.47. The Labute approximate surface area is 182 Å². The number of pyridine rings is 1. The summed E-state index contributed by atoms with van der Waals surface area (Å²) < 4.78 is 13.2. The number of fused-ring (bicyclic) bond motifs is 1. The van der Waals surface area contributed by atoms with Crippen LogP contribution in [0.1, 0.15) is 4.88 Å². The molecule has 9 heteroatoms. The normalized spacial score (nSPS) is 21.3. The molecule has 1 fully saturated rings. The lowest BCUT2D eigenvalue weighted by Gasteiger charge is -2.18. The number of thioether (sulfide) groups is 1. The summed E-state index contributed by atoms with van der Waals surface area (Å²) in [7, 11) is 4.93. The van der Waals surface area contributed by atoms with E-state index < -0.39 is 11.5 Å². The standard InChI is InChI=1S/C21H24N2O5S2/c1-23-9-14(11-4-5-16(27-2)17(6-11)28-3)19-13(20(23)25)7-12(30-19)8-22-18-15(24)10-29-21(18)26/h4-7,9,15,18,21-22,24,26H,8,10H2,1-3H3. The van der Waals surface area contributed by atoms with E-state index in [1.165, 1.54) is 23.1 Å². The summed E-state index contributed by atoms with van der Waals surface area (Å²) in [6, 6.07) is 7.20. The highest BCUT2D eigenvalue weighted by Crippen LogP contribution is 2.37. The van der Waals surface area contributed by atoms with Crippen LogP contribution in [0.2, 0.25) is 0 Å². The van der Waals surface area contributed by atoms with Gasteiger partial charge in [-0.25, -0.2) is 0 Å². The molecule has 160 valence electrons. The first-order valence-corrected chi connectivity index (χ1v) is 11.3. The number of aliphatic hydroxyl groups excluding tert-OH is 2. The Kier molecular flexibility index (Phi) is 6.08. The van der Waals surface area contributed by atoms with E-state index in [0.717, 1.165) is 20.7 Å². The van der Waals surface area contributed by atoms with Gasteiger partial charge >= 0.3 is 0 Å². The van der Waals surface area contributed by atoms with Gasteiger partial charge in [-0.3, -0.25) is 4.79 Å². The molecule has 1 aromatic carbocycles. The molecular weight excluding hydrogens is 424 g/mol. The highest BCUT2D eigenvalue weighted by molar-refractivity contribution is 8.00. The second kappa shape index (κ2) is 8.60. The first kappa shape index (κ1) is 21.2. The van der Waals surface area contributed by atoms with Gasteiger partial charge in [-0.2, -0.15) is 0 Å². The molecule has 0 saturated carbocycles. The van der Waals surface area contributed by atoms with E-state index >= 15 is 0 Å². The molecule has 1 aliphatic heterocycles. The number of aromatic nitrogens is 1. The van der Waals surface area contributed by atoms with E-state index in [2.05, 4.69) is 5.32 Å². The van der Waals surface area contributed by atoms with Crippen molar-refractivity contribution in [1.29, 1.82) is 0 Å². The molecule has 1 saturated heterocycles. The van der Waals surface area contributed by atoms with Crippen molar-refractivity contribution in [3.8, 4) is 22.6 Å². The summed E-state index contributed by atoms with van der Waals surface area (Å²) in [4.78, 5) is 13.7. The Morgan fingerprint density at radius 1 is 1.20 bits per heavy atom. The Bertz CT molecular complexity index is 1120. The molecule has 3 unspecified atom stereocenters. The Balaban J connectivity index is 1.73. The largest absolute Gasteiger partial charge is 0.493 e. The summed E-state index contributed by atoms with van der Waals surface area (Å²) in [6.07, 6.45) is 1.25. The number of aliphatic hydroxyl groups is 2. The Morgan fingerprint density at radius 3 is 2.63 bits per heavy atom. The fourth-order valence-corrected chi connectivity index (χ4v) is 5.87. The zero-order valence-corrected chi connectivity index (χ0v) is 18.5. The van der Waals surface area contributed by atoms with Crippen LogP contribution < -0.4 is 20.3 Å². The van der Waals surface area contributed by atoms with Crippen molar-refractivity contribution in [2.75, 3.05) is 20.0 Å². The van der Waals surface area contributed by atoms with Gasteiger partial charge in [-0.05, 0) is 23.8 Å². The molecule has 2 aromatic heterocycles. The third-order valence-corrected chi connectivity index (χ3v) is 7.60. The van der Waals surface area contributed by atoms with Crippen LogP contribution in [-0.4, -0.2) is 52.3 Å². The van der Waals surface area contributed by atoms with Crippen molar-refractivity contribution in [3.05, 3.63) is 45.7 Å². The number of benzene rings is 1. The van der Waals surface area contributed by atoms with Crippen LogP contribution in [0.25, 0.3) is 21.2 Å². The third-order valence-electron chi connectivity index (χ3n) is 5.27. The van der Waals surface area contributed by atoms with Gasteiger partial charge in [0.2, 0.25) is 0 Å². The third kappa shape index (κ3) is 3.83. The average molecular weight is 449 g/mol. The molecule has 3 atom stereocenters. The molecule has 0 spiro atoms. The summed E-state index contributed by atoms with van der Waals surface area (Å²) in [5.41, 5.74) is 1.16. The highest BCUT2D eigenvalue weighted by atomic mass is 32.2. The lowest BCUT2D eigenvalue weighted by Crippen LogP contribution is -2.42.